The van der Waals surface area contributed by atoms with Crippen molar-refractivity contribution in [3.63, 3.8) is 0 Å². The van der Waals surface area contributed by atoms with E-state index in [1.807, 2.05) is 95.6 Å². The molecule has 0 fully saturated rings. The Kier molecular flexibility index (Phi) is 6.23. The number of rotatable bonds is 4. The van der Waals surface area contributed by atoms with E-state index in [1.54, 1.807) is 0 Å². The van der Waals surface area contributed by atoms with Crippen molar-refractivity contribution in [2.75, 3.05) is 9.80 Å². The molecule has 158 valence electrons. The van der Waals surface area contributed by atoms with Crippen LogP contribution in [-0.2, 0) is 4.79 Å². The SMILES string of the molecule is CCC(=O)N(c1ccccc1)[C@H]1CC(C)N(C(=O)c2ccc(Br)cc2)c2ccccc21. The Labute approximate surface area is 191 Å². The minimum absolute atomic E-state index is 0.0287. The van der Waals surface area contributed by atoms with E-state index in [-0.39, 0.29) is 23.9 Å². The summed E-state index contributed by atoms with van der Waals surface area (Å²) in [5, 5.41) is 0. The summed E-state index contributed by atoms with van der Waals surface area (Å²) >= 11 is 3.43. The molecule has 1 aliphatic heterocycles. The fourth-order valence-corrected chi connectivity index (χ4v) is 4.59. The summed E-state index contributed by atoms with van der Waals surface area (Å²) < 4.78 is 0.938. The van der Waals surface area contributed by atoms with Crippen molar-refractivity contribution in [2.45, 2.75) is 38.8 Å². The van der Waals surface area contributed by atoms with Gasteiger partial charge in [-0.2, -0.15) is 0 Å². The Morgan fingerprint density at radius 1 is 0.968 bits per heavy atom. The molecule has 1 unspecified atom stereocenters. The highest BCUT2D eigenvalue weighted by molar-refractivity contribution is 9.10. The van der Waals surface area contributed by atoms with Crippen LogP contribution in [0, 0.1) is 0 Å². The van der Waals surface area contributed by atoms with Crippen molar-refractivity contribution < 1.29 is 9.59 Å². The third kappa shape index (κ3) is 4.15. The third-order valence-electron chi connectivity index (χ3n) is 5.79. The van der Waals surface area contributed by atoms with Gasteiger partial charge >= 0.3 is 0 Å². The second-order valence-electron chi connectivity index (χ2n) is 7.79. The van der Waals surface area contributed by atoms with Crippen molar-refractivity contribution in [2.24, 2.45) is 0 Å². The largest absolute Gasteiger partial charge is 0.305 e. The van der Waals surface area contributed by atoms with Gasteiger partial charge < -0.3 is 9.80 Å². The summed E-state index contributed by atoms with van der Waals surface area (Å²) in [6, 6.07) is 25.0. The standard InChI is InChI=1S/C26H25BrN2O2/c1-3-25(30)29(21-9-5-4-6-10-21)24-17-18(2)28(23-12-8-7-11-22(23)24)26(31)19-13-15-20(27)16-14-19/h4-16,18,24H,3,17H2,1-2H3/t18?,24-/m0/s1. The number of benzene rings is 3. The van der Waals surface area contributed by atoms with Gasteiger partial charge in [0.2, 0.25) is 5.91 Å². The monoisotopic (exact) mass is 476 g/mol. The van der Waals surface area contributed by atoms with Crippen LogP contribution in [0.5, 0.6) is 0 Å². The fraction of sp³-hybridized carbons (Fsp3) is 0.231. The smallest absolute Gasteiger partial charge is 0.258 e. The van der Waals surface area contributed by atoms with Crippen LogP contribution in [0.2, 0.25) is 0 Å². The van der Waals surface area contributed by atoms with Crippen molar-refractivity contribution in [1.29, 1.82) is 0 Å². The van der Waals surface area contributed by atoms with Gasteiger partial charge in [0.05, 0.1) is 6.04 Å². The first-order chi connectivity index (χ1) is 15.0. The lowest BCUT2D eigenvalue weighted by atomic mass is 9.89. The summed E-state index contributed by atoms with van der Waals surface area (Å²) in [5.74, 6) is 0.0462. The molecule has 31 heavy (non-hydrogen) atoms. The maximum absolute atomic E-state index is 13.5. The predicted molar refractivity (Wildman–Crippen MR) is 128 cm³/mol. The fourth-order valence-electron chi connectivity index (χ4n) is 4.32. The van der Waals surface area contributed by atoms with Crippen molar-refractivity contribution in [3.8, 4) is 0 Å². The first kappa shape index (κ1) is 21.3. The third-order valence-corrected chi connectivity index (χ3v) is 6.32. The number of amides is 2. The summed E-state index contributed by atoms with van der Waals surface area (Å²) in [5.41, 5.74) is 3.39. The average molecular weight is 477 g/mol. The maximum atomic E-state index is 13.5. The number of halogens is 1. The predicted octanol–water partition coefficient (Wildman–Crippen LogP) is 6.37. The van der Waals surface area contributed by atoms with Gasteiger partial charge in [-0.15, -0.1) is 0 Å². The summed E-state index contributed by atoms with van der Waals surface area (Å²) in [7, 11) is 0. The zero-order valence-corrected chi connectivity index (χ0v) is 19.2. The van der Waals surface area contributed by atoms with E-state index < -0.39 is 0 Å². The molecule has 0 bridgehead atoms. The number of carbonyl (C=O) groups excluding carboxylic acids is 2. The molecule has 4 rings (SSSR count). The normalized spacial score (nSPS) is 17.7. The topological polar surface area (TPSA) is 40.6 Å². The molecule has 1 heterocycles. The van der Waals surface area contributed by atoms with Crippen molar-refractivity contribution >= 4 is 39.1 Å². The first-order valence-corrected chi connectivity index (χ1v) is 11.4. The van der Waals surface area contributed by atoms with E-state index in [4.69, 9.17) is 0 Å². The molecule has 3 aromatic carbocycles. The summed E-state index contributed by atoms with van der Waals surface area (Å²) in [6.45, 7) is 3.94. The molecule has 2 atom stereocenters. The second kappa shape index (κ2) is 9.06. The van der Waals surface area contributed by atoms with Crippen LogP contribution in [0.15, 0.2) is 83.3 Å². The van der Waals surface area contributed by atoms with Gasteiger partial charge in [0, 0.05) is 33.9 Å². The highest BCUT2D eigenvalue weighted by Gasteiger charge is 2.38. The molecule has 0 aromatic heterocycles. The number of nitrogens with zero attached hydrogens (tertiary/aromatic N) is 2. The molecular weight excluding hydrogens is 452 g/mol. The van der Waals surface area contributed by atoms with Gasteiger partial charge in [0.25, 0.3) is 5.91 Å². The number of fused-ring (bicyclic) bond motifs is 1. The van der Waals surface area contributed by atoms with Crippen LogP contribution in [0.1, 0.15) is 48.7 Å². The number of para-hydroxylation sites is 2. The van der Waals surface area contributed by atoms with Gasteiger partial charge in [-0.1, -0.05) is 59.3 Å². The number of hydrogen-bond donors (Lipinski definition) is 0. The van der Waals surface area contributed by atoms with Crippen molar-refractivity contribution in [1.82, 2.24) is 0 Å². The number of anilines is 2. The Morgan fingerprint density at radius 2 is 1.61 bits per heavy atom. The molecule has 1 aliphatic rings. The number of carbonyl (C=O) groups is 2. The molecule has 0 N–H and O–H groups in total. The molecule has 5 heteroatoms. The van der Waals surface area contributed by atoms with E-state index in [0.717, 1.165) is 21.4 Å². The van der Waals surface area contributed by atoms with E-state index in [1.165, 1.54) is 0 Å². The maximum Gasteiger partial charge on any atom is 0.258 e. The molecule has 0 spiro atoms. The van der Waals surface area contributed by atoms with E-state index >= 15 is 0 Å². The second-order valence-corrected chi connectivity index (χ2v) is 8.71. The molecule has 0 saturated heterocycles. The van der Waals surface area contributed by atoms with Crippen LogP contribution >= 0.6 is 15.9 Å². The zero-order valence-electron chi connectivity index (χ0n) is 17.7. The van der Waals surface area contributed by atoms with Gasteiger partial charge in [-0.3, -0.25) is 9.59 Å². The minimum Gasteiger partial charge on any atom is -0.305 e. The Hall–Kier alpha value is -2.92. The molecule has 0 radical (unpaired) electrons. The van der Waals surface area contributed by atoms with Gasteiger partial charge in [-0.25, -0.2) is 0 Å². The number of hydrogen-bond acceptors (Lipinski definition) is 2. The lowest BCUT2D eigenvalue weighted by molar-refractivity contribution is -0.118. The van der Waals surface area contributed by atoms with Crippen LogP contribution in [0.4, 0.5) is 11.4 Å². The molecular formula is C26H25BrN2O2. The van der Waals surface area contributed by atoms with Crippen LogP contribution < -0.4 is 9.80 Å². The van der Waals surface area contributed by atoms with E-state index in [2.05, 4.69) is 22.9 Å². The van der Waals surface area contributed by atoms with E-state index in [9.17, 15) is 9.59 Å². The van der Waals surface area contributed by atoms with Gasteiger partial charge in [0.1, 0.15) is 0 Å². The zero-order chi connectivity index (χ0) is 22.0. The van der Waals surface area contributed by atoms with Crippen LogP contribution in [0.25, 0.3) is 0 Å². The van der Waals surface area contributed by atoms with Crippen LogP contribution in [-0.4, -0.2) is 17.9 Å². The minimum atomic E-state index is -0.130. The lowest BCUT2D eigenvalue weighted by Crippen LogP contribution is -2.47. The lowest BCUT2D eigenvalue weighted by Gasteiger charge is -2.43. The first-order valence-electron chi connectivity index (χ1n) is 10.6. The van der Waals surface area contributed by atoms with Crippen LogP contribution in [0.3, 0.4) is 0 Å². The highest BCUT2D eigenvalue weighted by atomic mass is 79.9. The van der Waals surface area contributed by atoms with Crippen molar-refractivity contribution in [3.05, 3.63) is 94.5 Å². The summed E-state index contributed by atoms with van der Waals surface area (Å²) in [6.07, 6.45) is 1.09. The van der Waals surface area contributed by atoms with Gasteiger partial charge in [0.15, 0.2) is 0 Å². The molecule has 0 aliphatic carbocycles. The molecule has 3 aromatic rings. The van der Waals surface area contributed by atoms with E-state index in [0.29, 0.717) is 18.4 Å². The molecule has 4 nitrogen and oxygen atoms in total. The van der Waals surface area contributed by atoms with Gasteiger partial charge in [-0.05, 0) is 61.4 Å². The quantitative estimate of drug-likeness (QED) is 0.438. The molecule has 0 saturated carbocycles. The highest BCUT2D eigenvalue weighted by Crippen LogP contribution is 2.42. The Bertz CT molecular complexity index is 1080. The Balaban J connectivity index is 1.78. The summed E-state index contributed by atoms with van der Waals surface area (Å²) in [4.78, 5) is 30.3. The average Bonchev–Trinajstić information content (AvgIpc) is 2.80. The molecule has 2 amide bonds. The Morgan fingerprint density at radius 3 is 2.29 bits per heavy atom.